The molecule has 0 saturated carbocycles. The molecule has 1 heterocycles. The molecule has 190 valence electrons. The zero-order chi connectivity index (χ0) is 26.4. The van der Waals surface area contributed by atoms with Crippen molar-refractivity contribution in [3.05, 3.63) is 86.7 Å². The van der Waals surface area contributed by atoms with Crippen LogP contribution in [0.1, 0.15) is 11.1 Å². The summed E-state index contributed by atoms with van der Waals surface area (Å²) in [5.74, 6) is 0.611. The van der Waals surface area contributed by atoms with E-state index in [-0.39, 0.29) is 22.6 Å². The smallest absolute Gasteiger partial charge is 0.342 e. The Morgan fingerprint density at radius 2 is 1.73 bits per heavy atom. The van der Waals surface area contributed by atoms with E-state index in [0.717, 1.165) is 17.3 Å². The van der Waals surface area contributed by atoms with Crippen LogP contribution in [-0.2, 0) is 11.4 Å². The lowest BCUT2D eigenvalue weighted by Crippen LogP contribution is -1.99. The summed E-state index contributed by atoms with van der Waals surface area (Å²) in [6.45, 7) is 0.217. The first-order valence-electron chi connectivity index (χ1n) is 10.7. The molecule has 0 fully saturated rings. The molecule has 0 amide bonds. The van der Waals surface area contributed by atoms with Crippen LogP contribution in [0.2, 0.25) is 10.0 Å². The van der Waals surface area contributed by atoms with Gasteiger partial charge in [0.05, 0.1) is 24.3 Å². The summed E-state index contributed by atoms with van der Waals surface area (Å²) >= 11 is 12.9. The van der Waals surface area contributed by atoms with Crippen LogP contribution in [0.25, 0.3) is 17.5 Å². The molecule has 37 heavy (non-hydrogen) atoms. The highest BCUT2D eigenvalue weighted by molar-refractivity contribution is 8.03. The fourth-order valence-electron chi connectivity index (χ4n) is 3.19. The number of halogens is 2. The minimum atomic E-state index is -1.16. The molecule has 0 bridgehead atoms. The van der Waals surface area contributed by atoms with Crippen LogP contribution in [0.4, 0.5) is 0 Å². The SMILES string of the molecule is COc1cc(OC)cc(-c2nnc(S/C(=C\c3ccccc3OCc3ccc(Cl)c(Cl)c3)C(=O)O)o2)c1. The van der Waals surface area contributed by atoms with E-state index < -0.39 is 5.97 Å². The van der Waals surface area contributed by atoms with Crippen molar-refractivity contribution in [1.82, 2.24) is 10.2 Å². The molecule has 4 rings (SSSR count). The second kappa shape index (κ2) is 12.1. The van der Waals surface area contributed by atoms with Gasteiger partial charge in [-0.05, 0) is 53.7 Å². The fourth-order valence-corrected chi connectivity index (χ4v) is 4.17. The van der Waals surface area contributed by atoms with Gasteiger partial charge in [0.15, 0.2) is 0 Å². The van der Waals surface area contributed by atoms with Gasteiger partial charge in [-0.25, -0.2) is 4.79 Å². The van der Waals surface area contributed by atoms with E-state index >= 15 is 0 Å². The second-order valence-corrected chi connectivity index (χ2v) is 9.27. The van der Waals surface area contributed by atoms with Crippen molar-refractivity contribution in [2.45, 2.75) is 11.8 Å². The van der Waals surface area contributed by atoms with Gasteiger partial charge in [0.25, 0.3) is 5.22 Å². The Balaban J connectivity index is 1.55. The molecule has 0 radical (unpaired) electrons. The maximum absolute atomic E-state index is 12.0. The van der Waals surface area contributed by atoms with Gasteiger partial charge < -0.3 is 23.7 Å². The number of aromatic nitrogens is 2. The molecule has 1 aromatic heterocycles. The number of nitrogens with zero attached hydrogens (tertiary/aromatic N) is 2. The summed E-state index contributed by atoms with van der Waals surface area (Å²) < 4.78 is 22.2. The predicted molar refractivity (Wildman–Crippen MR) is 142 cm³/mol. The Morgan fingerprint density at radius 3 is 2.41 bits per heavy atom. The number of carbonyl (C=O) groups is 1. The van der Waals surface area contributed by atoms with Crippen LogP contribution < -0.4 is 14.2 Å². The van der Waals surface area contributed by atoms with Crippen molar-refractivity contribution in [2.24, 2.45) is 0 Å². The maximum atomic E-state index is 12.0. The molecule has 0 spiro atoms. The third-order valence-electron chi connectivity index (χ3n) is 5.00. The normalized spacial score (nSPS) is 11.3. The van der Waals surface area contributed by atoms with Crippen LogP contribution in [0.3, 0.4) is 0 Å². The number of thioether (sulfide) groups is 1. The Bertz CT molecular complexity index is 1430. The van der Waals surface area contributed by atoms with E-state index in [4.69, 9.17) is 41.8 Å². The number of hydrogen-bond donors (Lipinski definition) is 1. The van der Waals surface area contributed by atoms with E-state index in [1.54, 1.807) is 60.7 Å². The van der Waals surface area contributed by atoms with Gasteiger partial charge in [0, 0.05) is 17.2 Å². The fraction of sp³-hybridized carbons (Fsp3) is 0.115. The quantitative estimate of drug-likeness (QED) is 0.165. The first kappa shape index (κ1) is 26.4. The van der Waals surface area contributed by atoms with E-state index in [9.17, 15) is 9.90 Å². The number of rotatable bonds is 10. The van der Waals surface area contributed by atoms with Crippen molar-refractivity contribution >= 4 is 47.0 Å². The first-order valence-corrected chi connectivity index (χ1v) is 12.3. The van der Waals surface area contributed by atoms with Crippen LogP contribution in [0, 0.1) is 0 Å². The van der Waals surface area contributed by atoms with E-state index in [2.05, 4.69) is 10.2 Å². The largest absolute Gasteiger partial charge is 0.497 e. The third kappa shape index (κ3) is 6.76. The molecule has 11 heteroatoms. The highest BCUT2D eigenvalue weighted by atomic mass is 35.5. The van der Waals surface area contributed by atoms with Crippen molar-refractivity contribution < 1.29 is 28.5 Å². The summed E-state index contributed by atoms with van der Waals surface area (Å²) in [4.78, 5) is 12.0. The number of hydrogen-bond acceptors (Lipinski definition) is 8. The molecular formula is C26H20Cl2N2O6S. The summed E-state index contributed by atoms with van der Waals surface area (Å²) in [6, 6.07) is 17.4. The van der Waals surface area contributed by atoms with Crippen LogP contribution >= 0.6 is 35.0 Å². The van der Waals surface area contributed by atoms with E-state index in [0.29, 0.717) is 38.4 Å². The third-order valence-corrected chi connectivity index (χ3v) is 6.59. The lowest BCUT2D eigenvalue weighted by atomic mass is 10.2. The Kier molecular flexibility index (Phi) is 8.60. The summed E-state index contributed by atoms with van der Waals surface area (Å²) in [7, 11) is 3.06. The molecule has 3 aromatic carbocycles. The molecular weight excluding hydrogens is 539 g/mol. The number of para-hydroxylation sites is 1. The average molecular weight is 559 g/mol. The number of ether oxygens (including phenoxy) is 3. The molecule has 4 aromatic rings. The highest BCUT2D eigenvalue weighted by Gasteiger charge is 2.18. The standard InChI is InChI=1S/C26H20Cl2N2O6S/c1-33-18-10-17(11-19(13-18)34-2)24-29-30-26(36-24)37-23(25(31)32)12-16-5-3-4-6-22(16)35-14-15-7-8-20(27)21(28)9-15/h3-13H,14H2,1-2H3,(H,31,32)/b23-12-. The van der Waals surface area contributed by atoms with Gasteiger partial charge in [-0.2, -0.15) is 0 Å². The first-order chi connectivity index (χ1) is 17.9. The molecule has 0 aliphatic rings. The Labute approximate surface area is 226 Å². The topological polar surface area (TPSA) is 104 Å². The Hall–Kier alpha value is -3.66. The number of methoxy groups -OCH3 is 2. The summed E-state index contributed by atoms with van der Waals surface area (Å²) in [5, 5.41) is 18.8. The summed E-state index contributed by atoms with van der Waals surface area (Å²) in [5.41, 5.74) is 1.94. The number of carboxylic acid groups (broad SMARTS) is 1. The molecule has 0 unspecified atom stereocenters. The van der Waals surface area contributed by atoms with Crippen LogP contribution in [-0.4, -0.2) is 35.5 Å². The highest BCUT2D eigenvalue weighted by Crippen LogP contribution is 2.34. The van der Waals surface area contributed by atoms with E-state index in [1.165, 1.54) is 20.3 Å². The molecule has 1 N–H and O–H groups in total. The lowest BCUT2D eigenvalue weighted by molar-refractivity contribution is -0.131. The number of benzene rings is 3. The van der Waals surface area contributed by atoms with Crippen LogP contribution in [0.15, 0.2) is 75.2 Å². The maximum Gasteiger partial charge on any atom is 0.342 e. The monoisotopic (exact) mass is 558 g/mol. The minimum Gasteiger partial charge on any atom is -0.497 e. The molecule has 0 aliphatic heterocycles. The predicted octanol–water partition coefficient (Wildman–Crippen LogP) is 6.86. The van der Waals surface area contributed by atoms with Gasteiger partial charge in [0.1, 0.15) is 28.8 Å². The van der Waals surface area contributed by atoms with Gasteiger partial charge in [0.2, 0.25) is 5.89 Å². The van der Waals surface area contributed by atoms with Gasteiger partial charge >= 0.3 is 5.97 Å². The van der Waals surface area contributed by atoms with E-state index in [1.807, 2.05) is 0 Å². The van der Waals surface area contributed by atoms with Gasteiger partial charge in [-0.15, -0.1) is 10.2 Å². The molecule has 0 aliphatic carbocycles. The van der Waals surface area contributed by atoms with Crippen molar-refractivity contribution in [1.29, 1.82) is 0 Å². The van der Waals surface area contributed by atoms with Crippen molar-refractivity contribution in [2.75, 3.05) is 14.2 Å². The lowest BCUT2D eigenvalue weighted by Gasteiger charge is -2.10. The van der Waals surface area contributed by atoms with Gasteiger partial charge in [-0.1, -0.05) is 47.5 Å². The van der Waals surface area contributed by atoms with Crippen molar-refractivity contribution in [3.8, 4) is 28.7 Å². The zero-order valence-corrected chi connectivity index (χ0v) is 21.9. The summed E-state index contributed by atoms with van der Waals surface area (Å²) in [6.07, 6.45) is 1.48. The average Bonchev–Trinajstić information content (AvgIpc) is 3.38. The van der Waals surface area contributed by atoms with Gasteiger partial charge in [-0.3, -0.25) is 0 Å². The Morgan fingerprint density at radius 1 is 1.00 bits per heavy atom. The molecule has 0 atom stereocenters. The second-order valence-electron chi connectivity index (χ2n) is 7.47. The number of aliphatic carboxylic acids is 1. The molecule has 8 nitrogen and oxygen atoms in total. The van der Waals surface area contributed by atoms with Crippen molar-refractivity contribution in [3.63, 3.8) is 0 Å². The minimum absolute atomic E-state index is 0.0380. The zero-order valence-electron chi connectivity index (χ0n) is 19.6. The number of carboxylic acids is 1. The molecule has 0 saturated heterocycles. The van der Waals surface area contributed by atoms with Crippen LogP contribution in [0.5, 0.6) is 17.2 Å².